The van der Waals surface area contributed by atoms with Crippen molar-refractivity contribution >= 4 is 5.91 Å². The van der Waals surface area contributed by atoms with E-state index in [1.165, 1.54) is 0 Å². The van der Waals surface area contributed by atoms with Crippen molar-refractivity contribution < 1.29 is 9.53 Å². The van der Waals surface area contributed by atoms with E-state index in [2.05, 4.69) is 5.32 Å². The van der Waals surface area contributed by atoms with Crippen molar-refractivity contribution in [1.29, 1.82) is 5.26 Å². The Morgan fingerprint density at radius 2 is 2.33 bits per heavy atom. The largest absolute Gasteiger partial charge is 0.479 e. The molecule has 1 rings (SSSR count). The van der Waals surface area contributed by atoms with Gasteiger partial charge in [0.15, 0.2) is 6.61 Å². The van der Waals surface area contributed by atoms with Gasteiger partial charge in [-0.1, -0.05) is 12.1 Å². The third-order valence-corrected chi connectivity index (χ3v) is 2.31. The number of carbonyl (C=O) groups excluding carboxylic acids is 1. The normalized spacial score (nSPS) is 9.72. The second-order valence-electron chi connectivity index (χ2n) is 3.84. The molecule has 0 radical (unpaired) electrons. The zero-order valence-corrected chi connectivity index (χ0v) is 10.2. The van der Waals surface area contributed by atoms with E-state index in [1.54, 1.807) is 0 Å². The standard InChI is InChI=1S/C13H17N3O2/c14-6-8-18-12-4-1-3-11(9-12)10-16-7-2-5-13(15)17/h1,3-4,9,16H,2,5,7-8,10H2,(H2,15,17). The topological polar surface area (TPSA) is 88.1 Å². The molecule has 3 N–H and O–H groups in total. The minimum Gasteiger partial charge on any atom is -0.479 e. The van der Waals surface area contributed by atoms with Crippen molar-refractivity contribution in [2.24, 2.45) is 5.73 Å². The van der Waals surface area contributed by atoms with Crippen LogP contribution in [-0.2, 0) is 11.3 Å². The van der Waals surface area contributed by atoms with Gasteiger partial charge in [-0.3, -0.25) is 4.79 Å². The van der Waals surface area contributed by atoms with Crippen molar-refractivity contribution in [1.82, 2.24) is 5.32 Å². The van der Waals surface area contributed by atoms with Gasteiger partial charge in [0.05, 0.1) is 0 Å². The minimum atomic E-state index is -0.274. The Morgan fingerprint density at radius 3 is 3.06 bits per heavy atom. The Bertz CT molecular complexity index is 426. The monoisotopic (exact) mass is 247 g/mol. The van der Waals surface area contributed by atoms with Gasteiger partial charge in [0.2, 0.25) is 5.91 Å². The number of nitrogens with two attached hydrogens (primary N) is 1. The molecule has 0 bridgehead atoms. The van der Waals surface area contributed by atoms with Gasteiger partial charge in [-0.25, -0.2) is 0 Å². The number of rotatable bonds is 8. The van der Waals surface area contributed by atoms with E-state index < -0.39 is 0 Å². The van der Waals surface area contributed by atoms with Gasteiger partial charge in [-0.15, -0.1) is 0 Å². The van der Waals surface area contributed by atoms with Gasteiger partial charge >= 0.3 is 0 Å². The molecule has 1 amide bonds. The predicted molar refractivity (Wildman–Crippen MR) is 67.7 cm³/mol. The zero-order chi connectivity index (χ0) is 13.2. The van der Waals surface area contributed by atoms with Crippen LogP contribution >= 0.6 is 0 Å². The van der Waals surface area contributed by atoms with Crippen LogP contribution in [0.15, 0.2) is 24.3 Å². The first kappa shape index (κ1) is 14.0. The molecule has 0 aromatic heterocycles. The number of nitriles is 1. The Kier molecular flexibility index (Phi) is 6.30. The highest BCUT2D eigenvalue weighted by atomic mass is 16.5. The summed E-state index contributed by atoms with van der Waals surface area (Å²) in [5.74, 6) is 0.414. The van der Waals surface area contributed by atoms with Crippen LogP contribution in [0.3, 0.4) is 0 Å². The van der Waals surface area contributed by atoms with E-state index in [4.69, 9.17) is 15.7 Å². The number of amides is 1. The molecule has 0 unspecified atom stereocenters. The molecule has 0 aliphatic carbocycles. The average molecular weight is 247 g/mol. The van der Waals surface area contributed by atoms with Crippen molar-refractivity contribution in [3.05, 3.63) is 29.8 Å². The van der Waals surface area contributed by atoms with E-state index in [9.17, 15) is 4.79 Å². The predicted octanol–water partition coefficient (Wildman–Crippen LogP) is 0.944. The van der Waals surface area contributed by atoms with Gasteiger partial charge in [-0.2, -0.15) is 5.26 Å². The van der Waals surface area contributed by atoms with Crippen LogP contribution in [0.2, 0.25) is 0 Å². The van der Waals surface area contributed by atoms with E-state index in [1.807, 2.05) is 30.3 Å². The van der Waals surface area contributed by atoms with Crippen molar-refractivity contribution in [2.45, 2.75) is 19.4 Å². The summed E-state index contributed by atoms with van der Waals surface area (Å²) in [5, 5.41) is 11.6. The van der Waals surface area contributed by atoms with Gasteiger partial charge in [-0.05, 0) is 30.7 Å². The smallest absolute Gasteiger partial charge is 0.217 e. The number of carbonyl (C=O) groups is 1. The van der Waals surface area contributed by atoms with Crippen LogP contribution in [0.1, 0.15) is 18.4 Å². The van der Waals surface area contributed by atoms with Crippen LogP contribution in [0.4, 0.5) is 0 Å². The molecule has 0 fully saturated rings. The molecule has 5 nitrogen and oxygen atoms in total. The maximum atomic E-state index is 10.5. The lowest BCUT2D eigenvalue weighted by atomic mass is 10.2. The fourth-order valence-corrected chi connectivity index (χ4v) is 1.48. The lowest BCUT2D eigenvalue weighted by Gasteiger charge is -2.06. The molecule has 18 heavy (non-hydrogen) atoms. The first-order valence-corrected chi connectivity index (χ1v) is 5.80. The lowest BCUT2D eigenvalue weighted by molar-refractivity contribution is -0.118. The molecule has 5 heteroatoms. The maximum Gasteiger partial charge on any atom is 0.217 e. The highest BCUT2D eigenvalue weighted by Gasteiger charge is 1.98. The SMILES string of the molecule is N#CCOc1cccc(CNCCCC(N)=O)c1. The zero-order valence-electron chi connectivity index (χ0n) is 10.2. The van der Waals surface area contributed by atoms with Crippen molar-refractivity contribution in [3.63, 3.8) is 0 Å². The molecule has 0 heterocycles. The fraction of sp³-hybridized carbons (Fsp3) is 0.385. The first-order chi connectivity index (χ1) is 8.72. The molecule has 1 aromatic carbocycles. The number of hydrogen-bond donors (Lipinski definition) is 2. The molecule has 1 aromatic rings. The summed E-state index contributed by atoms with van der Waals surface area (Å²) in [6, 6.07) is 9.48. The van der Waals surface area contributed by atoms with E-state index in [-0.39, 0.29) is 12.5 Å². The fourth-order valence-electron chi connectivity index (χ4n) is 1.48. The Labute approximate surface area is 107 Å². The molecule has 0 spiro atoms. The summed E-state index contributed by atoms with van der Waals surface area (Å²) in [4.78, 5) is 10.5. The Hall–Kier alpha value is -2.06. The van der Waals surface area contributed by atoms with Crippen molar-refractivity contribution in [3.8, 4) is 11.8 Å². The molecule has 96 valence electrons. The molecule has 0 aliphatic rings. The van der Waals surface area contributed by atoms with Crippen LogP contribution in [0.5, 0.6) is 5.75 Å². The molecule has 0 atom stereocenters. The summed E-state index contributed by atoms with van der Waals surface area (Å²) >= 11 is 0. The number of primary amides is 1. The van der Waals surface area contributed by atoms with Crippen LogP contribution in [0.25, 0.3) is 0 Å². The second kappa shape index (κ2) is 8.09. The number of hydrogen-bond acceptors (Lipinski definition) is 4. The van der Waals surface area contributed by atoms with Crippen molar-refractivity contribution in [2.75, 3.05) is 13.2 Å². The minimum absolute atomic E-state index is 0.0511. The van der Waals surface area contributed by atoms with Crippen LogP contribution in [-0.4, -0.2) is 19.1 Å². The first-order valence-electron chi connectivity index (χ1n) is 5.80. The summed E-state index contributed by atoms with van der Waals surface area (Å²) in [6.07, 6.45) is 1.14. The molecule has 0 saturated carbocycles. The number of nitrogens with one attached hydrogen (secondary N) is 1. The maximum absolute atomic E-state index is 10.5. The number of ether oxygens (including phenoxy) is 1. The van der Waals surface area contributed by atoms with Crippen LogP contribution in [0, 0.1) is 11.3 Å². The van der Waals surface area contributed by atoms with Gasteiger partial charge in [0.1, 0.15) is 11.8 Å². The van der Waals surface area contributed by atoms with Crippen LogP contribution < -0.4 is 15.8 Å². The average Bonchev–Trinajstić information content (AvgIpc) is 2.36. The van der Waals surface area contributed by atoms with E-state index in [0.717, 1.165) is 18.5 Å². The van der Waals surface area contributed by atoms with Gasteiger partial charge in [0.25, 0.3) is 0 Å². The highest BCUT2D eigenvalue weighted by Crippen LogP contribution is 2.12. The van der Waals surface area contributed by atoms with Gasteiger partial charge < -0.3 is 15.8 Å². The highest BCUT2D eigenvalue weighted by molar-refractivity contribution is 5.73. The quantitative estimate of drug-likeness (QED) is 0.669. The van der Waals surface area contributed by atoms with E-state index >= 15 is 0 Å². The Balaban J connectivity index is 2.29. The van der Waals surface area contributed by atoms with Gasteiger partial charge in [0, 0.05) is 13.0 Å². The molecule has 0 aliphatic heterocycles. The lowest BCUT2D eigenvalue weighted by Crippen LogP contribution is -2.18. The third-order valence-electron chi connectivity index (χ3n) is 2.31. The molecule has 0 saturated heterocycles. The summed E-state index contributed by atoms with van der Waals surface area (Å²) in [7, 11) is 0. The second-order valence-corrected chi connectivity index (χ2v) is 3.84. The van der Waals surface area contributed by atoms with E-state index in [0.29, 0.717) is 18.7 Å². The summed E-state index contributed by atoms with van der Waals surface area (Å²) in [5.41, 5.74) is 6.12. The summed E-state index contributed by atoms with van der Waals surface area (Å²) in [6.45, 7) is 1.49. The Morgan fingerprint density at radius 1 is 1.50 bits per heavy atom. The summed E-state index contributed by atoms with van der Waals surface area (Å²) < 4.78 is 5.20. The number of nitrogens with zero attached hydrogens (tertiary/aromatic N) is 1. The molecular weight excluding hydrogens is 230 g/mol. The third kappa shape index (κ3) is 5.87. The molecular formula is C13H17N3O2. The number of benzene rings is 1.